The van der Waals surface area contributed by atoms with Gasteiger partial charge in [0, 0.05) is 51.8 Å². The Bertz CT molecular complexity index is 1220. The third-order valence-corrected chi connectivity index (χ3v) is 8.55. The van der Waals surface area contributed by atoms with Gasteiger partial charge in [-0.15, -0.1) is 0 Å². The number of nitrogens with zero attached hydrogens (tertiary/aromatic N) is 5. The van der Waals surface area contributed by atoms with E-state index in [2.05, 4.69) is 4.98 Å². The van der Waals surface area contributed by atoms with E-state index in [9.17, 15) is 13.2 Å². The summed E-state index contributed by atoms with van der Waals surface area (Å²) in [5.41, 5.74) is 1.49. The van der Waals surface area contributed by atoms with Crippen molar-refractivity contribution in [2.75, 3.05) is 26.2 Å². The third-order valence-electron chi connectivity index (χ3n) is 6.82. The van der Waals surface area contributed by atoms with Crippen LogP contribution in [-0.4, -0.2) is 63.8 Å². The molecule has 0 bridgehead atoms. The monoisotopic (exact) mass is 453 g/mol. The standard InChI is InChI=1S/C23H27N5O3S/c1-25-16-21(24-18-25)32(30,31)28-15-10-23(17-28)8-13-27(14-9-23)22(29)19-6-2-3-7-20(19)26-11-4-5-12-26/h2-7,11-12,16,18H,8-10,13-15,17H2,1H3. The summed E-state index contributed by atoms with van der Waals surface area (Å²) in [5, 5.41) is 0.103. The minimum atomic E-state index is -3.58. The topological polar surface area (TPSA) is 80.4 Å². The number of piperidine rings is 1. The van der Waals surface area contributed by atoms with Gasteiger partial charge in [0.2, 0.25) is 0 Å². The fraction of sp³-hybridized carbons (Fsp3) is 0.391. The van der Waals surface area contributed by atoms with Gasteiger partial charge in [0.05, 0.1) is 17.6 Å². The average molecular weight is 454 g/mol. The predicted molar refractivity (Wildman–Crippen MR) is 120 cm³/mol. The third kappa shape index (κ3) is 3.65. The van der Waals surface area contributed by atoms with Gasteiger partial charge in [0.25, 0.3) is 15.9 Å². The molecule has 4 heterocycles. The molecule has 0 N–H and O–H groups in total. The molecule has 1 spiro atoms. The SMILES string of the molecule is Cn1cnc(S(=O)(=O)N2CCC3(CCN(C(=O)c4ccccc4-n4cccc4)CC3)C2)c1. The Labute approximate surface area is 188 Å². The number of carbonyl (C=O) groups excluding carboxylic acids is 1. The van der Waals surface area contributed by atoms with E-state index in [1.54, 1.807) is 22.1 Å². The summed E-state index contributed by atoms with van der Waals surface area (Å²) in [6.07, 6.45) is 9.36. The Morgan fingerprint density at radius 2 is 1.69 bits per heavy atom. The molecule has 168 valence electrons. The van der Waals surface area contributed by atoms with Gasteiger partial charge in [-0.25, -0.2) is 13.4 Å². The first-order valence-electron chi connectivity index (χ1n) is 10.9. The molecule has 2 aliphatic heterocycles. The van der Waals surface area contributed by atoms with Crippen LogP contribution in [-0.2, 0) is 17.1 Å². The molecule has 2 aliphatic rings. The number of aryl methyl sites for hydroxylation is 1. The van der Waals surface area contributed by atoms with Crippen LogP contribution in [0.5, 0.6) is 0 Å². The van der Waals surface area contributed by atoms with Crippen molar-refractivity contribution >= 4 is 15.9 Å². The van der Waals surface area contributed by atoms with Crippen molar-refractivity contribution in [3.05, 3.63) is 66.9 Å². The fourth-order valence-corrected chi connectivity index (χ4v) is 6.41. The summed E-state index contributed by atoms with van der Waals surface area (Å²) in [7, 11) is -1.82. The van der Waals surface area contributed by atoms with Gasteiger partial charge >= 0.3 is 0 Å². The molecule has 2 saturated heterocycles. The first-order valence-corrected chi connectivity index (χ1v) is 12.3. The molecule has 0 aliphatic carbocycles. The zero-order valence-electron chi connectivity index (χ0n) is 18.1. The van der Waals surface area contributed by atoms with E-state index in [-0.39, 0.29) is 16.3 Å². The van der Waals surface area contributed by atoms with E-state index in [1.807, 2.05) is 58.3 Å². The van der Waals surface area contributed by atoms with Gasteiger partial charge < -0.3 is 14.0 Å². The number of likely N-dealkylation sites (tertiary alicyclic amines) is 1. The van der Waals surface area contributed by atoms with Crippen LogP contribution in [0.3, 0.4) is 0 Å². The Balaban J connectivity index is 1.28. The molecule has 9 heteroatoms. The molecule has 5 rings (SSSR count). The summed E-state index contributed by atoms with van der Waals surface area (Å²) in [6.45, 7) is 2.27. The summed E-state index contributed by atoms with van der Waals surface area (Å²) < 4.78 is 31.1. The van der Waals surface area contributed by atoms with Crippen LogP contribution in [0.2, 0.25) is 0 Å². The number of para-hydroxylation sites is 1. The molecule has 0 atom stereocenters. The summed E-state index contributed by atoms with van der Waals surface area (Å²) >= 11 is 0. The number of benzene rings is 1. The van der Waals surface area contributed by atoms with E-state index in [0.717, 1.165) is 24.9 Å². The second kappa shape index (κ2) is 7.90. The highest BCUT2D eigenvalue weighted by Crippen LogP contribution is 2.42. The lowest BCUT2D eigenvalue weighted by atomic mass is 9.78. The van der Waals surface area contributed by atoms with E-state index in [0.29, 0.717) is 31.7 Å². The average Bonchev–Trinajstić information content (AvgIpc) is 3.56. The van der Waals surface area contributed by atoms with Crippen LogP contribution < -0.4 is 0 Å². The minimum Gasteiger partial charge on any atom is -0.339 e. The van der Waals surface area contributed by atoms with E-state index < -0.39 is 10.0 Å². The number of aromatic nitrogens is 3. The molecule has 3 aromatic rings. The highest BCUT2D eigenvalue weighted by Gasteiger charge is 2.45. The molecule has 0 radical (unpaired) electrons. The molecule has 8 nitrogen and oxygen atoms in total. The molecule has 1 amide bonds. The maximum absolute atomic E-state index is 13.3. The van der Waals surface area contributed by atoms with Crippen molar-refractivity contribution in [3.8, 4) is 5.69 Å². The van der Waals surface area contributed by atoms with E-state index in [4.69, 9.17) is 0 Å². The second-order valence-corrected chi connectivity index (χ2v) is 10.8. The normalized spacial score (nSPS) is 19.0. The lowest BCUT2D eigenvalue weighted by molar-refractivity contribution is 0.0600. The first kappa shape index (κ1) is 21.0. The van der Waals surface area contributed by atoms with Crippen LogP contribution in [0, 0.1) is 5.41 Å². The Morgan fingerprint density at radius 3 is 2.38 bits per heavy atom. The Hall–Kier alpha value is -2.91. The van der Waals surface area contributed by atoms with E-state index >= 15 is 0 Å². The molecule has 0 saturated carbocycles. The maximum atomic E-state index is 13.3. The van der Waals surface area contributed by atoms with Crippen molar-refractivity contribution in [1.29, 1.82) is 0 Å². The molecule has 32 heavy (non-hydrogen) atoms. The van der Waals surface area contributed by atoms with Crippen LogP contribution in [0.15, 0.2) is 66.3 Å². The van der Waals surface area contributed by atoms with Crippen molar-refractivity contribution < 1.29 is 13.2 Å². The smallest absolute Gasteiger partial charge is 0.262 e. The van der Waals surface area contributed by atoms with Gasteiger partial charge in [0.1, 0.15) is 0 Å². The lowest BCUT2D eigenvalue weighted by Gasteiger charge is -2.39. The highest BCUT2D eigenvalue weighted by molar-refractivity contribution is 7.89. The van der Waals surface area contributed by atoms with Crippen molar-refractivity contribution in [1.82, 2.24) is 23.3 Å². The number of amides is 1. The number of rotatable bonds is 4. The lowest BCUT2D eigenvalue weighted by Crippen LogP contribution is -2.44. The predicted octanol–water partition coefficient (Wildman–Crippen LogP) is 2.53. The highest BCUT2D eigenvalue weighted by atomic mass is 32.2. The van der Waals surface area contributed by atoms with Crippen LogP contribution in [0.25, 0.3) is 5.69 Å². The molecular formula is C23H27N5O3S. The quantitative estimate of drug-likeness (QED) is 0.608. The van der Waals surface area contributed by atoms with Crippen molar-refractivity contribution in [2.45, 2.75) is 24.3 Å². The summed E-state index contributed by atoms with van der Waals surface area (Å²) in [5.74, 6) is 0.0279. The molecule has 2 aromatic heterocycles. The summed E-state index contributed by atoms with van der Waals surface area (Å²) in [6, 6.07) is 11.5. The number of carbonyl (C=O) groups is 1. The van der Waals surface area contributed by atoms with Crippen molar-refractivity contribution in [2.24, 2.45) is 12.5 Å². The number of hydrogen-bond acceptors (Lipinski definition) is 4. The molecule has 1 aromatic carbocycles. The zero-order chi connectivity index (χ0) is 22.3. The molecular weight excluding hydrogens is 426 g/mol. The van der Waals surface area contributed by atoms with Gasteiger partial charge in [0.15, 0.2) is 5.03 Å². The molecule has 0 unspecified atom stereocenters. The number of imidazole rings is 1. The van der Waals surface area contributed by atoms with Gasteiger partial charge in [-0.1, -0.05) is 12.1 Å². The van der Waals surface area contributed by atoms with Crippen LogP contribution in [0.1, 0.15) is 29.6 Å². The fourth-order valence-electron chi connectivity index (χ4n) is 4.89. The van der Waals surface area contributed by atoms with Gasteiger partial charge in [-0.2, -0.15) is 4.31 Å². The van der Waals surface area contributed by atoms with Gasteiger partial charge in [-0.05, 0) is 48.9 Å². The largest absolute Gasteiger partial charge is 0.339 e. The number of sulfonamides is 1. The van der Waals surface area contributed by atoms with Gasteiger partial charge in [-0.3, -0.25) is 4.79 Å². The van der Waals surface area contributed by atoms with Crippen LogP contribution in [0.4, 0.5) is 0 Å². The second-order valence-electron chi connectivity index (χ2n) is 8.87. The van der Waals surface area contributed by atoms with E-state index in [1.165, 1.54) is 6.33 Å². The minimum absolute atomic E-state index is 0.0279. The Kier molecular flexibility index (Phi) is 5.17. The Morgan fingerprint density at radius 1 is 1.00 bits per heavy atom. The maximum Gasteiger partial charge on any atom is 0.262 e. The zero-order valence-corrected chi connectivity index (χ0v) is 18.9. The first-order chi connectivity index (χ1) is 15.4. The summed E-state index contributed by atoms with van der Waals surface area (Å²) in [4.78, 5) is 19.3. The number of hydrogen-bond donors (Lipinski definition) is 0. The van der Waals surface area contributed by atoms with Crippen molar-refractivity contribution in [3.63, 3.8) is 0 Å². The van der Waals surface area contributed by atoms with Crippen LogP contribution >= 0.6 is 0 Å². The molecule has 2 fully saturated rings.